The summed E-state index contributed by atoms with van der Waals surface area (Å²) < 4.78 is 7.05. The van der Waals surface area contributed by atoms with Crippen molar-refractivity contribution in [1.29, 1.82) is 0 Å². The van der Waals surface area contributed by atoms with E-state index in [1.165, 1.54) is 30.4 Å². The van der Waals surface area contributed by atoms with E-state index in [0.717, 1.165) is 12.8 Å². The van der Waals surface area contributed by atoms with Crippen LogP contribution in [0.4, 0.5) is 0 Å². The molecule has 0 bridgehead atoms. The number of furan rings is 1. The van der Waals surface area contributed by atoms with Crippen molar-refractivity contribution in [2.45, 2.75) is 32.2 Å². The first-order valence-electron chi connectivity index (χ1n) is 6.70. The lowest BCUT2D eigenvalue weighted by molar-refractivity contribution is 0.0924. The van der Waals surface area contributed by atoms with Crippen LogP contribution in [-0.4, -0.2) is 22.2 Å². The average molecular weight is 259 g/mol. The minimum atomic E-state index is -0.175. The lowest BCUT2D eigenvalue weighted by Crippen LogP contribution is -2.27. The van der Waals surface area contributed by atoms with Crippen LogP contribution in [0.2, 0.25) is 0 Å². The molecule has 0 saturated carbocycles. The van der Waals surface area contributed by atoms with E-state index in [9.17, 15) is 4.79 Å². The first-order valence-corrected chi connectivity index (χ1v) is 6.70. The van der Waals surface area contributed by atoms with E-state index in [-0.39, 0.29) is 5.91 Å². The number of nitrogens with zero attached hydrogens (tertiary/aromatic N) is 2. The van der Waals surface area contributed by atoms with Gasteiger partial charge in [0.1, 0.15) is 0 Å². The number of amides is 1. The van der Waals surface area contributed by atoms with Gasteiger partial charge in [0, 0.05) is 12.2 Å². The normalized spacial score (nSPS) is 14.1. The Labute approximate surface area is 111 Å². The van der Waals surface area contributed by atoms with Crippen LogP contribution in [0.15, 0.2) is 29.0 Å². The van der Waals surface area contributed by atoms with E-state index in [1.54, 1.807) is 12.1 Å². The number of hydrogen-bond donors (Lipinski definition) is 1. The number of fused-ring (bicyclic) bond motifs is 1. The van der Waals surface area contributed by atoms with Gasteiger partial charge in [-0.1, -0.05) is 0 Å². The molecule has 1 amide bonds. The molecule has 19 heavy (non-hydrogen) atoms. The molecular formula is C14H17N3O2. The monoisotopic (exact) mass is 259 g/mol. The Morgan fingerprint density at radius 2 is 2.32 bits per heavy atom. The van der Waals surface area contributed by atoms with Crippen LogP contribution in [0.5, 0.6) is 0 Å². The Kier molecular flexibility index (Phi) is 3.35. The van der Waals surface area contributed by atoms with Gasteiger partial charge in [-0.25, -0.2) is 0 Å². The number of aromatic nitrogens is 2. The summed E-state index contributed by atoms with van der Waals surface area (Å²) in [6.45, 7) is 1.27. The van der Waals surface area contributed by atoms with Crippen LogP contribution in [0.3, 0.4) is 0 Å². The van der Waals surface area contributed by atoms with Crippen molar-refractivity contribution in [2.75, 3.05) is 6.54 Å². The smallest absolute Gasteiger partial charge is 0.287 e. The second kappa shape index (κ2) is 5.30. The molecule has 0 aliphatic heterocycles. The van der Waals surface area contributed by atoms with Crippen LogP contribution in [0.1, 0.15) is 34.7 Å². The van der Waals surface area contributed by atoms with Gasteiger partial charge in [0.05, 0.1) is 19.0 Å². The summed E-state index contributed by atoms with van der Waals surface area (Å²) in [5.74, 6) is 0.175. The van der Waals surface area contributed by atoms with Crippen LogP contribution >= 0.6 is 0 Å². The highest BCUT2D eigenvalue weighted by Crippen LogP contribution is 2.20. The number of aryl methyl sites for hydroxylation is 1. The third-order valence-electron chi connectivity index (χ3n) is 3.50. The zero-order chi connectivity index (χ0) is 13.1. The molecule has 1 aliphatic rings. The average Bonchev–Trinajstić information content (AvgIpc) is 3.08. The van der Waals surface area contributed by atoms with Gasteiger partial charge in [-0.05, 0) is 43.4 Å². The summed E-state index contributed by atoms with van der Waals surface area (Å²) in [6.07, 6.45) is 8.18. The zero-order valence-corrected chi connectivity index (χ0v) is 10.8. The summed E-state index contributed by atoms with van der Waals surface area (Å²) in [5.41, 5.74) is 2.70. The van der Waals surface area contributed by atoms with Crippen LogP contribution in [0.25, 0.3) is 0 Å². The quantitative estimate of drug-likeness (QED) is 0.910. The van der Waals surface area contributed by atoms with Gasteiger partial charge in [-0.3, -0.25) is 9.48 Å². The molecule has 0 spiro atoms. The number of rotatable bonds is 4. The molecule has 3 rings (SSSR count). The minimum Gasteiger partial charge on any atom is -0.459 e. The molecule has 0 atom stereocenters. The lowest BCUT2D eigenvalue weighted by atomic mass is 9.98. The molecule has 0 saturated heterocycles. The minimum absolute atomic E-state index is 0.175. The summed E-state index contributed by atoms with van der Waals surface area (Å²) in [6, 6.07) is 3.36. The maximum Gasteiger partial charge on any atom is 0.287 e. The summed E-state index contributed by atoms with van der Waals surface area (Å²) in [7, 11) is 0. The van der Waals surface area contributed by atoms with E-state index in [0.29, 0.717) is 18.8 Å². The van der Waals surface area contributed by atoms with Gasteiger partial charge in [-0.2, -0.15) is 5.10 Å². The van der Waals surface area contributed by atoms with Gasteiger partial charge >= 0.3 is 0 Å². The second-order valence-electron chi connectivity index (χ2n) is 4.78. The van der Waals surface area contributed by atoms with Crippen LogP contribution < -0.4 is 5.32 Å². The number of carbonyl (C=O) groups excluding carboxylic acids is 1. The summed E-state index contributed by atoms with van der Waals surface area (Å²) >= 11 is 0. The molecule has 5 heteroatoms. The van der Waals surface area contributed by atoms with E-state index in [2.05, 4.69) is 10.4 Å². The molecular weight excluding hydrogens is 242 g/mol. The van der Waals surface area contributed by atoms with Crippen molar-refractivity contribution in [2.24, 2.45) is 0 Å². The van der Waals surface area contributed by atoms with E-state index < -0.39 is 0 Å². The van der Waals surface area contributed by atoms with E-state index in [1.807, 2.05) is 10.9 Å². The van der Waals surface area contributed by atoms with Gasteiger partial charge in [0.25, 0.3) is 5.91 Å². The van der Waals surface area contributed by atoms with Crippen molar-refractivity contribution >= 4 is 5.91 Å². The van der Waals surface area contributed by atoms with Crippen LogP contribution in [-0.2, 0) is 19.4 Å². The highest BCUT2D eigenvalue weighted by Gasteiger charge is 2.15. The highest BCUT2D eigenvalue weighted by atomic mass is 16.3. The molecule has 100 valence electrons. The van der Waals surface area contributed by atoms with Crippen molar-refractivity contribution in [3.05, 3.63) is 41.6 Å². The topological polar surface area (TPSA) is 60.1 Å². The largest absolute Gasteiger partial charge is 0.459 e. The molecule has 0 radical (unpaired) electrons. The highest BCUT2D eigenvalue weighted by molar-refractivity contribution is 5.91. The maximum absolute atomic E-state index is 11.7. The number of nitrogens with one attached hydrogen (secondary N) is 1. The fourth-order valence-electron chi connectivity index (χ4n) is 2.52. The molecule has 5 nitrogen and oxygen atoms in total. The Morgan fingerprint density at radius 1 is 1.42 bits per heavy atom. The Hall–Kier alpha value is -2.04. The summed E-state index contributed by atoms with van der Waals surface area (Å²) in [4.78, 5) is 11.7. The van der Waals surface area contributed by atoms with Crippen molar-refractivity contribution in [1.82, 2.24) is 15.1 Å². The first-order chi connectivity index (χ1) is 9.34. The molecule has 1 aliphatic carbocycles. The Balaban J connectivity index is 1.55. The van der Waals surface area contributed by atoms with Crippen LogP contribution in [0, 0.1) is 0 Å². The van der Waals surface area contributed by atoms with E-state index in [4.69, 9.17) is 4.42 Å². The third-order valence-corrected chi connectivity index (χ3v) is 3.50. The number of carbonyl (C=O) groups is 1. The zero-order valence-electron chi connectivity index (χ0n) is 10.8. The first kappa shape index (κ1) is 12.0. The fraction of sp³-hybridized carbons (Fsp3) is 0.429. The van der Waals surface area contributed by atoms with Crippen molar-refractivity contribution in [3.63, 3.8) is 0 Å². The van der Waals surface area contributed by atoms with E-state index >= 15 is 0 Å². The lowest BCUT2D eigenvalue weighted by Gasteiger charge is -2.13. The maximum atomic E-state index is 11.7. The molecule has 1 N–H and O–H groups in total. The molecule has 0 fully saturated rings. The second-order valence-corrected chi connectivity index (χ2v) is 4.78. The molecule has 2 aromatic rings. The van der Waals surface area contributed by atoms with Crippen molar-refractivity contribution < 1.29 is 9.21 Å². The van der Waals surface area contributed by atoms with Crippen molar-refractivity contribution in [3.8, 4) is 0 Å². The number of hydrogen-bond acceptors (Lipinski definition) is 3. The Bertz CT molecular complexity index is 557. The van der Waals surface area contributed by atoms with Gasteiger partial charge in [-0.15, -0.1) is 0 Å². The van der Waals surface area contributed by atoms with Gasteiger partial charge < -0.3 is 9.73 Å². The predicted molar refractivity (Wildman–Crippen MR) is 69.9 cm³/mol. The Morgan fingerprint density at radius 3 is 3.16 bits per heavy atom. The van der Waals surface area contributed by atoms with Gasteiger partial charge in [0.2, 0.25) is 0 Å². The third kappa shape index (κ3) is 2.54. The standard InChI is InChI=1S/C14H17N3O2/c18-14(13-6-3-9-19-13)15-7-8-17-12-5-2-1-4-11(12)10-16-17/h3,6,9-10H,1-2,4-5,7-8H2,(H,15,18). The molecule has 2 heterocycles. The predicted octanol–water partition coefficient (Wildman–Crippen LogP) is 1.78. The molecule has 0 unspecified atom stereocenters. The molecule has 0 aromatic carbocycles. The fourth-order valence-corrected chi connectivity index (χ4v) is 2.52. The summed E-state index contributed by atoms with van der Waals surface area (Å²) in [5, 5.41) is 7.24. The SMILES string of the molecule is O=C(NCCn1ncc2c1CCCC2)c1ccco1. The molecule has 2 aromatic heterocycles. The van der Waals surface area contributed by atoms with Gasteiger partial charge in [0.15, 0.2) is 5.76 Å².